The van der Waals surface area contributed by atoms with Crippen LogP contribution in [0.4, 0.5) is 0 Å². The SMILES string of the molecule is CCCCCCCCC(c1ccccc1O)C(CCC)CCCCCC. The molecule has 0 spiro atoms. The number of phenols is 1. The number of rotatable bonds is 16. The van der Waals surface area contributed by atoms with Crippen LogP contribution in [0, 0.1) is 5.92 Å². The lowest BCUT2D eigenvalue weighted by molar-refractivity contribution is 0.322. The van der Waals surface area contributed by atoms with Crippen molar-refractivity contribution >= 4 is 0 Å². The molecule has 1 nitrogen and oxygen atoms in total. The number of para-hydroxylation sites is 1. The Morgan fingerprint density at radius 3 is 1.88 bits per heavy atom. The Bertz CT molecular complexity index is 440. The summed E-state index contributed by atoms with van der Waals surface area (Å²) in [4.78, 5) is 0. The summed E-state index contributed by atoms with van der Waals surface area (Å²) in [6.07, 6.45) is 18.6. The van der Waals surface area contributed by atoms with Gasteiger partial charge in [-0.1, -0.05) is 116 Å². The van der Waals surface area contributed by atoms with Crippen LogP contribution in [0.3, 0.4) is 0 Å². The van der Waals surface area contributed by atoms with Crippen LogP contribution in [0.25, 0.3) is 0 Å². The number of unbranched alkanes of at least 4 members (excludes halogenated alkanes) is 8. The standard InChI is InChI=1S/C25H44O/c1-4-7-9-11-12-14-19-23(24-20-15-16-21-25(24)26)22(17-6-3)18-13-10-8-5-2/h15-16,20-23,26H,4-14,17-19H2,1-3H3. The molecule has 0 fully saturated rings. The topological polar surface area (TPSA) is 20.2 Å². The Kier molecular flexibility index (Phi) is 13.4. The van der Waals surface area contributed by atoms with E-state index in [-0.39, 0.29) is 0 Å². The second kappa shape index (κ2) is 15.1. The maximum Gasteiger partial charge on any atom is 0.119 e. The maximum absolute atomic E-state index is 10.5. The molecule has 2 atom stereocenters. The molecule has 0 amide bonds. The Morgan fingerprint density at radius 1 is 0.654 bits per heavy atom. The monoisotopic (exact) mass is 360 g/mol. The number of aromatic hydroxyl groups is 1. The second-order valence-corrected chi connectivity index (χ2v) is 8.12. The van der Waals surface area contributed by atoms with E-state index < -0.39 is 0 Å². The summed E-state index contributed by atoms with van der Waals surface area (Å²) < 4.78 is 0. The predicted molar refractivity (Wildman–Crippen MR) is 116 cm³/mol. The van der Waals surface area contributed by atoms with Crippen LogP contribution in [0.1, 0.15) is 122 Å². The first-order valence-corrected chi connectivity index (χ1v) is 11.5. The molecule has 150 valence electrons. The zero-order valence-corrected chi connectivity index (χ0v) is 17.8. The first-order chi connectivity index (χ1) is 12.7. The van der Waals surface area contributed by atoms with Crippen molar-refractivity contribution in [2.24, 2.45) is 5.92 Å². The number of hydrogen-bond acceptors (Lipinski definition) is 1. The molecule has 0 saturated heterocycles. The number of benzene rings is 1. The van der Waals surface area contributed by atoms with Gasteiger partial charge in [0.1, 0.15) is 5.75 Å². The molecule has 0 bridgehead atoms. The van der Waals surface area contributed by atoms with Crippen molar-refractivity contribution in [2.45, 2.75) is 117 Å². The second-order valence-electron chi connectivity index (χ2n) is 8.12. The van der Waals surface area contributed by atoms with E-state index in [2.05, 4.69) is 32.9 Å². The molecule has 1 N–H and O–H groups in total. The smallest absolute Gasteiger partial charge is 0.119 e. The molecule has 0 aliphatic heterocycles. The van der Waals surface area contributed by atoms with E-state index in [0.717, 1.165) is 5.92 Å². The molecule has 1 heteroatoms. The molecule has 1 aromatic carbocycles. The zero-order valence-electron chi connectivity index (χ0n) is 17.8. The lowest BCUT2D eigenvalue weighted by Gasteiger charge is -2.28. The van der Waals surface area contributed by atoms with E-state index in [1.54, 1.807) is 0 Å². The van der Waals surface area contributed by atoms with E-state index in [9.17, 15) is 5.11 Å². The molecule has 0 radical (unpaired) electrons. The van der Waals surface area contributed by atoms with Crippen LogP contribution < -0.4 is 0 Å². The summed E-state index contributed by atoms with van der Waals surface area (Å²) in [5.41, 5.74) is 1.20. The third kappa shape index (κ3) is 9.10. The molecule has 0 heterocycles. The van der Waals surface area contributed by atoms with E-state index in [0.29, 0.717) is 11.7 Å². The summed E-state index contributed by atoms with van der Waals surface area (Å²) >= 11 is 0. The average molecular weight is 361 g/mol. The molecule has 2 unspecified atom stereocenters. The Labute approximate surface area is 163 Å². The van der Waals surface area contributed by atoms with Crippen molar-refractivity contribution in [3.63, 3.8) is 0 Å². The van der Waals surface area contributed by atoms with Gasteiger partial charge in [-0.05, 0) is 36.3 Å². The first kappa shape index (κ1) is 23.1. The molecule has 1 rings (SSSR count). The Hall–Kier alpha value is -0.980. The minimum absolute atomic E-state index is 0.512. The van der Waals surface area contributed by atoms with Gasteiger partial charge in [-0.15, -0.1) is 0 Å². The van der Waals surface area contributed by atoms with Gasteiger partial charge in [0.05, 0.1) is 0 Å². The van der Waals surface area contributed by atoms with Crippen molar-refractivity contribution < 1.29 is 5.11 Å². The average Bonchev–Trinajstić information content (AvgIpc) is 2.65. The largest absolute Gasteiger partial charge is 0.508 e. The van der Waals surface area contributed by atoms with Gasteiger partial charge in [0.15, 0.2) is 0 Å². The minimum atomic E-state index is 0.512. The quantitative estimate of drug-likeness (QED) is 0.292. The van der Waals surface area contributed by atoms with Crippen LogP contribution in [0.15, 0.2) is 24.3 Å². The van der Waals surface area contributed by atoms with Gasteiger partial charge < -0.3 is 5.11 Å². The zero-order chi connectivity index (χ0) is 19.0. The van der Waals surface area contributed by atoms with Gasteiger partial charge in [0.25, 0.3) is 0 Å². The highest BCUT2D eigenvalue weighted by Crippen LogP contribution is 2.40. The highest BCUT2D eigenvalue weighted by Gasteiger charge is 2.24. The molecular weight excluding hydrogens is 316 g/mol. The molecule has 0 aliphatic rings. The van der Waals surface area contributed by atoms with Crippen molar-refractivity contribution in [1.29, 1.82) is 0 Å². The van der Waals surface area contributed by atoms with Crippen molar-refractivity contribution in [3.8, 4) is 5.75 Å². The van der Waals surface area contributed by atoms with Gasteiger partial charge in [-0.2, -0.15) is 0 Å². The third-order valence-electron chi connectivity index (χ3n) is 5.86. The van der Waals surface area contributed by atoms with E-state index >= 15 is 0 Å². The summed E-state index contributed by atoms with van der Waals surface area (Å²) in [5, 5.41) is 10.5. The summed E-state index contributed by atoms with van der Waals surface area (Å²) in [5.74, 6) is 1.77. The fraction of sp³-hybridized carbons (Fsp3) is 0.760. The normalized spacial score (nSPS) is 13.7. The lowest BCUT2D eigenvalue weighted by Crippen LogP contribution is -2.14. The highest BCUT2D eigenvalue weighted by molar-refractivity contribution is 5.35. The van der Waals surface area contributed by atoms with Crippen molar-refractivity contribution in [2.75, 3.05) is 0 Å². The van der Waals surface area contributed by atoms with Gasteiger partial charge in [0, 0.05) is 0 Å². The fourth-order valence-corrected chi connectivity index (χ4v) is 4.34. The van der Waals surface area contributed by atoms with Gasteiger partial charge >= 0.3 is 0 Å². The predicted octanol–water partition coefficient (Wildman–Crippen LogP) is 8.61. The molecule has 0 aliphatic carbocycles. The lowest BCUT2D eigenvalue weighted by atomic mass is 9.77. The van der Waals surface area contributed by atoms with Gasteiger partial charge in [-0.25, -0.2) is 0 Å². The Morgan fingerprint density at radius 2 is 1.23 bits per heavy atom. The van der Waals surface area contributed by atoms with Crippen LogP contribution >= 0.6 is 0 Å². The van der Waals surface area contributed by atoms with Crippen molar-refractivity contribution in [3.05, 3.63) is 29.8 Å². The van der Waals surface area contributed by atoms with Crippen LogP contribution in [-0.2, 0) is 0 Å². The molecule has 0 aromatic heterocycles. The molecule has 1 aromatic rings. The number of hydrogen-bond donors (Lipinski definition) is 1. The summed E-state index contributed by atoms with van der Waals surface area (Å²) in [6, 6.07) is 8.11. The van der Waals surface area contributed by atoms with Crippen LogP contribution in [0.2, 0.25) is 0 Å². The van der Waals surface area contributed by atoms with E-state index in [1.807, 2.05) is 12.1 Å². The van der Waals surface area contributed by atoms with E-state index in [4.69, 9.17) is 0 Å². The van der Waals surface area contributed by atoms with Gasteiger partial charge in [-0.3, -0.25) is 0 Å². The van der Waals surface area contributed by atoms with Crippen LogP contribution in [-0.4, -0.2) is 5.11 Å². The first-order valence-electron chi connectivity index (χ1n) is 11.5. The summed E-state index contributed by atoms with van der Waals surface area (Å²) in [6.45, 7) is 6.88. The Balaban J connectivity index is 2.71. The number of phenolic OH excluding ortho intramolecular Hbond substituents is 1. The fourth-order valence-electron chi connectivity index (χ4n) is 4.34. The van der Waals surface area contributed by atoms with Crippen molar-refractivity contribution in [1.82, 2.24) is 0 Å². The third-order valence-corrected chi connectivity index (χ3v) is 5.86. The molecule has 26 heavy (non-hydrogen) atoms. The highest BCUT2D eigenvalue weighted by atomic mass is 16.3. The summed E-state index contributed by atoms with van der Waals surface area (Å²) in [7, 11) is 0. The maximum atomic E-state index is 10.5. The molecule has 0 saturated carbocycles. The van der Waals surface area contributed by atoms with Crippen LogP contribution in [0.5, 0.6) is 5.75 Å². The minimum Gasteiger partial charge on any atom is -0.508 e. The van der Waals surface area contributed by atoms with Gasteiger partial charge in [0.2, 0.25) is 0 Å². The van der Waals surface area contributed by atoms with E-state index in [1.165, 1.54) is 95.5 Å². The molecular formula is C25H44O.